The predicted molar refractivity (Wildman–Crippen MR) is 111 cm³/mol. The third-order valence-electron chi connectivity index (χ3n) is 5.47. The van der Waals surface area contributed by atoms with Gasteiger partial charge in [0, 0.05) is 30.8 Å². The Balaban J connectivity index is 1.58. The number of hydrogen-bond donors (Lipinski definition) is 1. The summed E-state index contributed by atoms with van der Waals surface area (Å²) in [5, 5.41) is -0.271. The highest BCUT2D eigenvalue weighted by molar-refractivity contribution is 7.90. The van der Waals surface area contributed by atoms with Gasteiger partial charge in [-0.15, -0.1) is 0 Å². The maximum absolute atomic E-state index is 15.3. The molecule has 2 aliphatic rings. The van der Waals surface area contributed by atoms with Crippen molar-refractivity contribution >= 4 is 16.0 Å². The van der Waals surface area contributed by atoms with Crippen molar-refractivity contribution in [2.45, 2.75) is 56.8 Å². The number of sulfonamides is 1. The molecule has 31 heavy (non-hydrogen) atoms. The Hall–Kier alpha value is -2.40. The first-order valence-electron chi connectivity index (χ1n) is 10.3. The summed E-state index contributed by atoms with van der Waals surface area (Å²) in [4.78, 5) is 12.0. The standard InChI is InChI=1S/C20H25F2N5O3S/c1-11(2)30-19-15(21)9-13(10-24-19)18-16(22)17(25-20(23)26-18)12-5-7-27(8-6-12)31(28,29)14-3-4-14/h9-12,14H,3-8H2,1-2H3,(H2,23,25,26). The summed E-state index contributed by atoms with van der Waals surface area (Å²) >= 11 is 0. The van der Waals surface area contributed by atoms with Gasteiger partial charge in [0.25, 0.3) is 5.88 Å². The summed E-state index contributed by atoms with van der Waals surface area (Å²) < 4.78 is 61.3. The molecule has 1 aliphatic carbocycles. The largest absolute Gasteiger partial charge is 0.473 e. The van der Waals surface area contributed by atoms with Crippen LogP contribution >= 0.6 is 0 Å². The third-order valence-corrected chi connectivity index (χ3v) is 7.87. The van der Waals surface area contributed by atoms with Crippen LogP contribution in [0.1, 0.15) is 51.1 Å². The van der Waals surface area contributed by atoms with E-state index in [1.54, 1.807) is 13.8 Å². The van der Waals surface area contributed by atoms with Crippen LogP contribution in [0.25, 0.3) is 11.3 Å². The van der Waals surface area contributed by atoms with Crippen molar-refractivity contribution in [3.05, 3.63) is 29.6 Å². The molecule has 1 saturated carbocycles. The highest BCUT2D eigenvalue weighted by Crippen LogP contribution is 2.37. The molecule has 0 amide bonds. The van der Waals surface area contributed by atoms with Crippen LogP contribution in [0.2, 0.25) is 0 Å². The van der Waals surface area contributed by atoms with Crippen molar-refractivity contribution in [1.29, 1.82) is 0 Å². The number of aromatic nitrogens is 3. The van der Waals surface area contributed by atoms with E-state index < -0.39 is 21.7 Å². The van der Waals surface area contributed by atoms with Crippen LogP contribution in [-0.2, 0) is 10.0 Å². The van der Waals surface area contributed by atoms with Gasteiger partial charge in [-0.05, 0) is 45.6 Å². The Morgan fingerprint density at radius 3 is 2.42 bits per heavy atom. The summed E-state index contributed by atoms with van der Waals surface area (Å²) in [5.41, 5.74) is 5.92. The van der Waals surface area contributed by atoms with Gasteiger partial charge in [0.1, 0.15) is 5.69 Å². The van der Waals surface area contributed by atoms with E-state index >= 15 is 4.39 Å². The Kier molecular flexibility index (Phi) is 5.82. The van der Waals surface area contributed by atoms with Gasteiger partial charge < -0.3 is 10.5 Å². The maximum atomic E-state index is 15.3. The average molecular weight is 454 g/mol. The lowest BCUT2D eigenvalue weighted by molar-refractivity contribution is 0.221. The smallest absolute Gasteiger partial charge is 0.250 e. The predicted octanol–water partition coefficient (Wildman–Crippen LogP) is 2.86. The molecule has 0 spiro atoms. The molecule has 0 radical (unpaired) electrons. The topological polar surface area (TPSA) is 111 Å². The number of anilines is 1. The lowest BCUT2D eigenvalue weighted by atomic mass is 9.93. The van der Waals surface area contributed by atoms with Gasteiger partial charge in [0.05, 0.1) is 17.0 Å². The van der Waals surface area contributed by atoms with E-state index in [-0.39, 0.29) is 46.1 Å². The molecule has 2 aromatic heterocycles. The fourth-order valence-electron chi connectivity index (χ4n) is 3.77. The molecule has 2 fully saturated rings. The number of pyridine rings is 1. The molecule has 1 aliphatic heterocycles. The first kappa shape index (κ1) is 21.8. The second-order valence-corrected chi connectivity index (χ2v) is 10.4. The van der Waals surface area contributed by atoms with Crippen molar-refractivity contribution in [3.63, 3.8) is 0 Å². The van der Waals surface area contributed by atoms with Crippen LogP contribution in [0.5, 0.6) is 5.88 Å². The van der Waals surface area contributed by atoms with Crippen molar-refractivity contribution in [3.8, 4) is 17.1 Å². The quantitative estimate of drug-likeness (QED) is 0.716. The van der Waals surface area contributed by atoms with Gasteiger partial charge in [-0.25, -0.2) is 36.5 Å². The van der Waals surface area contributed by atoms with Crippen molar-refractivity contribution in [2.24, 2.45) is 0 Å². The summed E-state index contributed by atoms with van der Waals surface area (Å²) in [7, 11) is -3.26. The molecule has 2 N–H and O–H groups in total. The number of halogens is 2. The van der Waals surface area contributed by atoms with Gasteiger partial charge in [0.15, 0.2) is 11.6 Å². The summed E-state index contributed by atoms with van der Waals surface area (Å²) in [6.07, 6.45) is 3.27. The van der Waals surface area contributed by atoms with E-state index in [2.05, 4.69) is 15.0 Å². The molecule has 3 heterocycles. The zero-order valence-electron chi connectivity index (χ0n) is 17.4. The molecule has 168 valence electrons. The Morgan fingerprint density at radius 1 is 1.16 bits per heavy atom. The van der Waals surface area contributed by atoms with Crippen LogP contribution in [0.15, 0.2) is 12.3 Å². The first-order valence-corrected chi connectivity index (χ1v) is 11.8. The molecule has 11 heteroatoms. The minimum atomic E-state index is -3.26. The summed E-state index contributed by atoms with van der Waals surface area (Å²) in [6.45, 7) is 4.10. The van der Waals surface area contributed by atoms with Gasteiger partial charge >= 0.3 is 0 Å². The van der Waals surface area contributed by atoms with Gasteiger partial charge in [0.2, 0.25) is 16.0 Å². The van der Waals surface area contributed by atoms with Crippen LogP contribution in [0.4, 0.5) is 14.7 Å². The number of nitrogen functional groups attached to an aromatic ring is 1. The first-order chi connectivity index (χ1) is 14.7. The number of hydrogen-bond acceptors (Lipinski definition) is 7. The molecule has 0 aromatic carbocycles. The van der Waals surface area contributed by atoms with Gasteiger partial charge in [-0.3, -0.25) is 0 Å². The van der Waals surface area contributed by atoms with Crippen molar-refractivity contribution in [2.75, 3.05) is 18.8 Å². The van der Waals surface area contributed by atoms with E-state index in [1.165, 1.54) is 10.5 Å². The van der Waals surface area contributed by atoms with Crippen LogP contribution in [0.3, 0.4) is 0 Å². The van der Waals surface area contributed by atoms with Crippen LogP contribution in [-0.4, -0.2) is 52.1 Å². The van der Waals surface area contributed by atoms with E-state index in [9.17, 15) is 12.8 Å². The van der Waals surface area contributed by atoms with E-state index in [0.29, 0.717) is 38.8 Å². The van der Waals surface area contributed by atoms with Crippen molar-refractivity contribution in [1.82, 2.24) is 19.3 Å². The lowest BCUT2D eigenvalue weighted by Crippen LogP contribution is -2.40. The molecule has 1 saturated heterocycles. The highest BCUT2D eigenvalue weighted by atomic mass is 32.2. The molecular weight excluding hydrogens is 428 g/mol. The second-order valence-electron chi connectivity index (χ2n) is 8.22. The normalized spacial score (nSPS) is 18.5. The zero-order valence-corrected chi connectivity index (χ0v) is 18.2. The Morgan fingerprint density at radius 2 is 1.84 bits per heavy atom. The SMILES string of the molecule is CC(C)Oc1ncc(-c2nc(N)nc(C3CCN(S(=O)(=O)C4CC4)CC3)c2F)cc1F. The molecule has 0 bridgehead atoms. The number of rotatable bonds is 6. The minimum Gasteiger partial charge on any atom is -0.473 e. The fourth-order valence-corrected chi connectivity index (χ4v) is 5.64. The molecule has 4 rings (SSSR count). The van der Waals surface area contributed by atoms with Crippen LogP contribution < -0.4 is 10.5 Å². The Labute approximate surface area is 179 Å². The number of piperidine rings is 1. The second kappa shape index (κ2) is 8.27. The van der Waals surface area contributed by atoms with Gasteiger partial charge in [-0.1, -0.05) is 0 Å². The monoisotopic (exact) mass is 453 g/mol. The number of ether oxygens (including phenoxy) is 1. The van der Waals surface area contributed by atoms with E-state index in [1.807, 2.05) is 0 Å². The average Bonchev–Trinajstić information content (AvgIpc) is 3.57. The minimum absolute atomic E-state index is 0.119. The molecule has 0 atom stereocenters. The fraction of sp³-hybridized carbons (Fsp3) is 0.550. The van der Waals surface area contributed by atoms with E-state index in [4.69, 9.17) is 10.5 Å². The molecule has 0 unspecified atom stereocenters. The molecular formula is C20H25F2N5O3S. The highest BCUT2D eigenvalue weighted by Gasteiger charge is 2.41. The zero-order chi connectivity index (χ0) is 22.3. The Bertz CT molecular complexity index is 1080. The number of nitrogens with two attached hydrogens (primary N) is 1. The van der Waals surface area contributed by atoms with Crippen molar-refractivity contribution < 1.29 is 21.9 Å². The third kappa shape index (κ3) is 4.47. The number of nitrogens with zero attached hydrogens (tertiary/aromatic N) is 4. The lowest BCUT2D eigenvalue weighted by Gasteiger charge is -2.31. The summed E-state index contributed by atoms with van der Waals surface area (Å²) in [6, 6.07) is 1.10. The molecule has 8 nitrogen and oxygen atoms in total. The maximum Gasteiger partial charge on any atom is 0.250 e. The van der Waals surface area contributed by atoms with E-state index in [0.717, 1.165) is 6.07 Å². The van der Waals surface area contributed by atoms with Crippen LogP contribution in [0, 0.1) is 11.6 Å². The summed E-state index contributed by atoms with van der Waals surface area (Å²) in [5.74, 6) is -2.05. The van der Waals surface area contributed by atoms with Gasteiger partial charge in [-0.2, -0.15) is 0 Å². The molecule has 2 aromatic rings.